The van der Waals surface area contributed by atoms with Gasteiger partial charge in [-0.15, -0.1) is 0 Å². The Bertz CT molecular complexity index is 371. The fourth-order valence-corrected chi connectivity index (χ4v) is 1.52. The number of benzene rings is 1. The van der Waals surface area contributed by atoms with Crippen LogP contribution in [0.3, 0.4) is 0 Å². The summed E-state index contributed by atoms with van der Waals surface area (Å²) >= 11 is 3.03. The van der Waals surface area contributed by atoms with Crippen molar-refractivity contribution < 1.29 is 13.9 Å². The van der Waals surface area contributed by atoms with Crippen LogP contribution < -0.4 is 5.32 Å². The summed E-state index contributed by atoms with van der Waals surface area (Å²) in [5.74, 6) is -0.977. The van der Waals surface area contributed by atoms with E-state index in [1.807, 2.05) is 6.92 Å². The Labute approximate surface area is 102 Å². The first-order chi connectivity index (χ1) is 7.66. The number of carbonyl (C=O) groups is 1. The van der Waals surface area contributed by atoms with Gasteiger partial charge in [-0.2, -0.15) is 0 Å². The molecule has 0 radical (unpaired) electrons. The number of nitrogens with one attached hydrogen (secondary N) is 1. The molecule has 0 saturated carbocycles. The van der Waals surface area contributed by atoms with Gasteiger partial charge >= 0.3 is 0 Å². The van der Waals surface area contributed by atoms with E-state index >= 15 is 0 Å². The molecule has 0 aliphatic heterocycles. The zero-order valence-corrected chi connectivity index (χ0v) is 10.5. The number of carbonyl (C=O) groups excluding carboxylic acids is 1. The maximum absolute atomic E-state index is 13.5. The molecule has 16 heavy (non-hydrogen) atoms. The lowest BCUT2D eigenvalue weighted by molar-refractivity contribution is 0.0918. The maximum Gasteiger partial charge on any atom is 0.254 e. The van der Waals surface area contributed by atoms with E-state index in [1.54, 1.807) is 12.1 Å². The standard InChI is InChI=1S/C11H13BrFNO2/c1-2-16-7-6-14-11(15)8-4-3-5-9(12)10(8)13/h3-5H,2,6-7H2,1H3,(H,14,15). The van der Waals surface area contributed by atoms with Crippen molar-refractivity contribution in [3.05, 3.63) is 34.1 Å². The maximum atomic E-state index is 13.5. The lowest BCUT2D eigenvalue weighted by Crippen LogP contribution is -2.28. The average Bonchev–Trinajstić information content (AvgIpc) is 2.28. The molecule has 0 atom stereocenters. The Balaban J connectivity index is 2.56. The Morgan fingerprint density at radius 2 is 2.31 bits per heavy atom. The second-order valence-electron chi connectivity index (χ2n) is 3.05. The second-order valence-corrected chi connectivity index (χ2v) is 3.91. The van der Waals surface area contributed by atoms with Crippen molar-refractivity contribution >= 4 is 21.8 Å². The molecular weight excluding hydrogens is 277 g/mol. The van der Waals surface area contributed by atoms with E-state index in [9.17, 15) is 9.18 Å². The zero-order valence-electron chi connectivity index (χ0n) is 8.93. The topological polar surface area (TPSA) is 38.3 Å². The minimum atomic E-state index is -0.545. The molecule has 0 fully saturated rings. The van der Waals surface area contributed by atoms with Crippen molar-refractivity contribution in [3.63, 3.8) is 0 Å². The number of ether oxygens (including phenoxy) is 1. The number of hydrogen-bond donors (Lipinski definition) is 1. The first-order valence-electron chi connectivity index (χ1n) is 4.96. The van der Waals surface area contributed by atoms with Crippen LogP contribution in [-0.4, -0.2) is 25.7 Å². The van der Waals surface area contributed by atoms with Crippen LogP contribution in [0.4, 0.5) is 4.39 Å². The monoisotopic (exact) mass is 289 g/mol. The minimum Gasteiger partial charge on any atom is -0.380 e. The van der Waals surface area contributed by atoms with Gasteiger partial charge < -0.3 is 10.1 Å². The van der Waals surface area contributed by atoms with E-state index in [2.05, 4.69) is 21.2 Å². The SMILES string of the molecule is CCOCCNC(=O)c1cccc(Br)c1F. The fraction of sp³-hybridized carbons (Fsp3) is 0.364. The molecular formula is C11H13BrFNO2. The predicted octanol–water partition coefficient (Wildman–Crippen LogP) is 2.35. The Hall–Kier alpha value is -0.940. The van der Waals surface area contributed by atoms with E-state index in [0.717, 1.165) is 0 Å². The molecule has 0 bridgehead atoms. The van der Waals surface area contributed by atoms with Crippen LogP contribution in [0, 0.1) is 5.82 Å². The molecule has 0 heterocycles. The molecule has 0 saturated heterocycles. The summed E-state index contributed by atoms with van der Waals surface area (Å²) in [7, 11) is 0. The van der Waals surface area contributed by atoms with Crippen molar-refractivity contribution in [3.8, 4) is 0 Å². The van der Waals surface area contributed by atoms with Crippen LogP contribution in [0.1, 0.15) is 17.3 Å². The number of rotatable bonds is 5. The normalized spacial score (nSPS) is 10.2. The van der Waals surface area contributed by atoms with Crippen LogP contribution in [0.25, 0.3) is 0 Å². The van der Waals surface area contributed by atoms with Gasteiger partial charge in [0.1, 0.15) is 5.82 Å². The molecule has 0 spiro atoms. The summed E-state index contributed by atoms with van der Waals surface area (Å²) in [5.41, 5.74) is 0.0332. The first kappa shape index (κ1) is 13.1. The third kappa shape index (κ3) is 3.57. The number of hydrogen-bond acceptors (Lipinski definition) is 2. The molecule has 0 aliphatic rings. The minimum absolute atomic E-state index is 0.0332. The molecule has 1 aromatic rings. The van der Waals surface area contributed by atoms with Gasteiger partial charge in [0.05, 0.1) is 16.6 Å². The quantitative estimate of drug-likeness (QED) is 0.845. The first-order valence-corrected chi connectivity index (χ1v) is 5.76. The Kier molecular flexibility index (Phi) is 5.42. The van der Waals surface area contributed by atoms with Gasteiger partial charge in [-0.1, -0.05) is 6.07 Å². The molecule has 0 unspecified atom stereocenters. The van der Waals surface area contributed by atoms with E-state index in [-0.39, 0.29) is 10.0 Å². The van der Waals surface area contributed by atoms with E-state index < -0.39 is 11.7 Å². The molecule has 0 aliphatic carbocycles. The summed E-state index contributed by atoms with van der Waals surface area (Å²) in [4.78, 5) is 11.6. The van der Waals surface area contributed by atoms with Crippen LogP contribution >= 0.6 is 15.9 Å². The van der Waals surface area contributed by atoms with E-state index in [0.29, 0.717) is 19.8 Å². The van der Waals surface area contributed by atoms with Crippen molar-refractivity contribution in [2.24, 2.45) is 0 Å². The third-order valence-corrected chi connectivity index (χ3v) is 2.54. The molecule has 3 nitrogen and oxygen atoms in total. The highest BCUT2D eigenvalue weighted by Crippen LogP contribution is 2.18. The van der Waals surface area contributed by atoms with E-state index in [4.69, 9.17) is 4.74 Å². The molecule has 0 aromatic heterocycles. The molecule has 88 valence electrons. The summed E-state index contributed by atoms with van der Waals surface area (Å²) in [5, 5.41) is 2.58. The molecule has 1 rings (SSSR count). The van der Waals surface area contributed by atoms with Gasteiger partial charge in [0, 0.05) is 13.2 Å². The van der Waals surface area contributed by atoms with Crippen molar-refractivity contribution in [1.82, 2.24) is 5.32 Å². The predicted molar refractivity (Wildman–Crippen MR) is 62.9 cm³/mol. The van der Waals surface area contributed by atoms with Gasteiger partial charge in [-0.3, -0.25) is 4.79 Å². The van der Waals surface area contributed by atoms with Crippen molar-refractivity contribution in [2.75, 3.05) is 19.8 Å². The largest absolute Gasteiger partial charge is 0.380 e. The highest BCUT2D eigenvalue weighted by atomic mass is 79.9. The highest BCUT2D eigenvalue weighted by Gasteiger charge is 2.12. The molecule has 1 amide bonds. The summed E-state index contributed by atoms with van der Waals surface area (Å²) in [6, 6.07) is 4.60. The van der Waals surface area contributed by atoms with Gasteiger partial charge in [-0.05, 0) is 35.0 Å². The van der Waals surface area contributed by atoms with E-state index in [1.165, 1.54) is 6.07 Å². The van der Waals surface area contributed by atoms with Gasteiger partial charge in [0.25, 0.3) is 5.91 Å². The molecule has 1 aromatic carbocycles. The van der Waals surface area contributed by atoms with Gasteiger partial charge in [0.2, 0.25) is 0 Å². The highest BCUT2D eigenvalue weighted by molar-refractivity contribution is 9.10. The van der Waals surface area contributed by atoms with Crippen molar-refractivity contribution in [2.45, 2.75) is 6.92 Å². The smallest absolute Gasteiger partial charge is 0.254 e. The summed E-state index contributed by atoms with van der Waals surface area (Å²) in [6.07, 6.45) is 0. The molecule has 1 N–H and O–H groups in total. The number of amides is 1. The van der Waals surface area contributed by atoms with Crippen molar-refractivity contribution in [1.29, 1.82) is 0 Å². The van der Waals surface area contributed by atoms with Gasteiger partial charge in [-0.25, -0.2) is 4.39 Å². The van der Waals surface area contributed by atoms with Crippen LogP contribution in [0.15, 0.2) is 22.7 Å². The van der Waals surface area contributed by atoms with Crippen LogP contribution in [-0.2, 0) is 4.74 Å². The van der Waals surface area contributed by atoms with Crippen LogP contribution in [0.5, 0.6) is 0 Å². The average molecular weight is 290 g/mol. The van der Waals surface area contributed by atoms with Gasteiger partial charge in [0.15, 0.2) is 0 Å². The summed E-state index contributed by atoms with van der Waals surface area (Å²) < 4.78 is 18.8. The second kappa shape index (κ2) is 6.60. The fourth-order valence-electron chi connectivity index (χ4n) is 1.16. The summed E-state index contributed by atoms with van der Waals surface area (Å²) in [6.45, 7) is 3.27. The van der Waals surface area contributed by atoms with Crippen LogP contribution in [0.2, 0.25) is 0 Å². The lowest BCUT2D eigenvalue weighted by atomic mass is 10.2. The molecule has 5 heteroatoms. The zero-order chi connectivity index (χ0) is 12.0. The Morgan fingerprint density at radius 1 is 1.56 bits per heavy atom. The third-order valence-electron chi connectivity index (χ3n) is 1.93. The lowest BCUT2D eigenvalue weighted by Gasteiger charge is -2.06. The number of halogens is 2. The Morgan fingerprint density at radius 3 is 3.00 bits per heavy atom.